The Morgan fingerprint density at radius 1 is 0.952 bits per heavy atom. The number of benzene rings is 2. The summed E-state index contributed by atoms with van der Waals surface area (Å²) in [5.41, 5.74) is -0.506. The fourth-order valence-electron chi connectivity index (χ4n) is 1.90. The van der Waals surface area contributed by atoms with Crippen molar-refractivity contribution >= 4 is 11.6 Å². The first-order valence-electron chi connectivity index (χ1n) is 6.02. The van der Waals surface area contributed by atoms with Gasteiger partial charge in [0.05, 0.1) is 10.9 Å². The summed E-state index contributed by atoms with van der Waals surface area (Å²) < 4.78 is 63.9. The summed E-state index contributed by atoms with van der Waals surface area (Å²) in [5, 5.41) is -0.767. The van der Waals surface area contributed by atoms with E-state index >= 15 is 0 Å². The van der Waals surface area contributed by atoms with Crippen molar-refractivity contribution in [2.75, 3.05) is 0 Å². The Morgan fingerprint density at radius 3 is 2.14 bits per heavy atom. The lowest BCUT2D eigenvalue weighted by molar-refractivity contribution is -0.140. The van der Waals surface area contributed by atoms with Crippen LogP contribution < -0.4 is 0 Å². The van der Waals surface area contributed by atoms with E-state index in [9.17, 15) is 22.0 Å². The molecule has 0 N–H and O–H groups in total. The first kappa shape index (κ1) is 15.8. The van der Waals surface area contributed by atoms with Crippen molar-refractivity contribution in [3.8, 4) is 0 Å². The molecule has 0 aliphatic heterocycles. The van der Waals surface area contributed by atoms with E-state index in [4.69, 9.17) is 11.6 Å². The Morgan fingerprint density at radius 2 is 1.57 bits per heavy atom. The maximum Gasteiger partial charge on any atom is 0.419 e. The molecule has 2 aromatic rings. The number of hydrogen-bond donors (Lipinski definition) is 0. The van der Waals surface area contributed by atoms with Crippen molar-refractivity contribution in [2.45, 2.75) is 18.0 Å². The standard InChI is InChI=1S/C15H10ClF5/c16-13(7-9-1-4-11(17)5-2-9)10-3-6-14(18)12(8-10)15(19,20)21/h1-6,8,13H,7H2. The molecule has 0 nitrogen and oxygen atoms in total. The van der Waals surface area contributed by atoms with Crippen LogP contribution in [0.1, 0.15) is 22.1 Å². The van der Waals surface area contributed by atoms with Crippen LogP contribution in [0.5, 0.6) is 0 Å². The van der Waals surface area contributed by atoms with Gasteiger partial charge in [-0.1, -0.05) is 18.2 Å². The quantitative estimate of drug-likeness (QED) is 0.517. The average Bonchev–Trinajstić information content (AvgIpc) is 2.40. The highest BCUT2D eigenvalue weighted by molar-refractivity contribution is 6.20. The van der Waals surface area contributed by atoms with Crippen LogP contribution in [0.15, 0.2) is 42.5 Å². The molecule has 1 unspecified atom stereocenters. The molecule has 21 heavy (non-hydrogen) atoms. The van der Waals surface area contributed by atoms with Crippen LogP contribution in [-0.4, -0.2) is 0 Å². The fraction of sp³-hybridized carbons (Fsp3) is 0.200. The van der Waals surface area contributed by atoms with Crippen LogP contribution in [0.2, 0.25) is 0 Å². The van der Waals surface area contributed by atoms with Gasteiger partial charge in [0.1, 0.15) is 11.6 Å². The van der Waals surface area contributed by atoms with Gasteiger partial charge in [-0.15, -0.1) is 11.6 Å². The summed E-state index contributed by atoms with van der Waals surface area (Å²) >= 11 is 6.07. The smallest absolute Gasteiger partial charge is 0.207 e. The maximum absolute atomic E-state index is 13.2. The van der Waals surface area contributed by atoms with Crippen molar-refractivity contribution in [1.82, 2.24) is 0 Å². The third-order valence-electron chi connectivity index (χ3n) is 2.99. The zero-order valence-corrected chi connectivity index (χ0v) is 11.3. The molecule has 6 heteroatoms. The Labute approximate surface area is 123 Å². The van der Waals surface area contributed by atoms with E-state index in [0.717, 1.165) is 6.07 Å². The summed E-state index contributed by atoms with van der Waals surface area (Å²) in [7, 11) is 0. The molecule has 0 aliphatic carbocycles. The highest BCUT2D eigenvalue weighted by Gasteiger charge is 2.34. The highest BCUT2D eigenvalue weighted by Crippen LogP contribution is 2.35. The molecule has 0 saturated heterocycles. The zero-order chi connectivity index (χ0) is 15.6. The number of alkyl halides is 4. The first-order valence-corrected chi connectivity index (χ1v) is 6.46. The largest absolute Gasteiger partial charge is 0.419 e. The van der Waals surface area contributed by atoms with Crippen molar-refractivity contribution in [2.24, 2.45) is 0 Å². The van der Waals surface area contributed by atoms with Crippen LogP contribution >= 0.6 is 11.6 Å². The second kappa shape index (κ2) is 6.02. The molecule has 0 fully saturated rings. The lowest BCUT2D eigenvalue weighted by Crippen LogP contribution is -2.09. The zero-order valence-electron chi connectivity index (χ0n) is 10.6. The lowest BCUT2D eigenvalue weighted by Gasteiger charge is -2.14. The first-order chi connectivity index (χ1) is 9.77. The van der Waals surface area contributed by atoms with E-state index in [2.05, 4.69) is 0 Å². The molecule has 1 atom stereocenters. The van der Waals surface area contributed by atoms with Gasteiger partial charge in [-0.05, 0) is 41.8 Å². The molecule has 0 heterocycles. The van der Waals surface area contributed by atoms with Gasteiger partial charge in [0.15, 0.2) is 0 Å². The van der Waals surface area contributed by atoms with Crippen LogP contribution in [-0.2, 0) is 12.6 Å². The van der Waals surface area contributed by atoms with E-state index in [-0.39, 0.29) is 12.0 Å². The predicted octanol–water partition coefficient (Wildman–Crippen LogP) is 5.51. The van der Waals surface area contributed by atoms with Gasteiger partial charge in [-0.3, -0.25) is 0 Å². The van der Waals surface area contributed by atoms with Gasteiger partial charge in [-0.2, -0.15) is 13.2 Å². The van der Waals surface area contributed by atoms with E-state index in [0.29, 0.717) is 11.6 Å². The molecule has 0 saturated carbocycles. The number of hydrogen-bond acceptors (Lipinski definition) is 0. The topological polar surface area (TPSA) is 0 Å². The van der Waals surface area contributed by atoms with Crippen LogP contribution in [0.25, 0.3) is 0 Å². The average molecular weight is 321 g/mol. The molecule has 112 valence electrons. The Balaban J connectivity index is 2.23. The predicted molar refractivity (Wildman–Crippen MR) is 70.1 cm³/mol. The maximum atomic E-state index is 13.2. The second-order valence-corrected chi connectivity index (χ2v) is 5.06. The Bertz CT molecular complexity index is 619. The SMILES string of the molecule is Fc1ccc(CC(Cl)c2ccc(F)c(C(F)(F)F)c2)cc1. The van der Waals surface area contributed by atoms with Crippen LogP contribution in [0.3, 0.4) is 0 Å². The molecule has 2 aromatic carbocycles. The van der Waals surface area contributed by atoms with E-state index in [1.165, 1.54) is 30.3 Å². The van der Waals surface area contributed by atoms with Gasteiger partial charge in [0.25, 0.3) is 0 Å². The second-order valence-electron chi connectivity index (χ2n) is 4.54. The molecule has 0 bridgehead atoms. The minimum Gasteiger partial charge on any atom is -0.207 e. The van der Waals surface area contributed by atoms with Crippen LogP contribution in [0, 0.1) is 11.6 Å². The molecule has 0 aliphatic rings. The third-order valence-corrected chi connectivity index (χ3v) is 3.39. The van der Waals surface area contributed by atoms with Gasteiger partial charge in [-0.25, -0.2) is 8.78 Å². The molecule has 0 amide bonds. The molecular formula is C15H10ClF5. The van der Waals surface area contributed by atoms with E-state index < -0.39 is 28.8 Å². The monoisotopic (exact) mass is 320 g/mol. The van der Waals surface area contributed by atoms with Crippen molar-refractivity contribution in [1.29, 1.82) is 0 Å². The number of rotatable bonds is 3. The van der Waals surface area contributed by atoms with Crippen LogP contribution in [0.4, 0.5) is 22.0 Å². The molecule has 0 radical (unpaired) electrons. The highest BCUT2D eigenvalue weighted by atomic mass is 35.5. The normalized spacial score (nSPS) is 13.2. The van der Waals surface area contributed by atoms with Gasteiger partial charge >= 0.3 is 6.18 Å². The summed E-state index contributed by atoms with van der Waals surface area (Å²) in [6.07, 6.45) is -4.56. The Kier molecular flexibility index (Phi) is 4.52. The number of halogens is 6. The molecule has 0 spiro atoms. The third kappa shape index (κ3) is 3.94. The van der Waals surface area contributed by atoms with E-state index in [1.54, 1.807) is 0 Å². The van der Waals surface area contributed by atoms with Gasteiger partial charge in [0, 0.05) is 0 Å². The van der Waals surface area contributed by atoms with E-state index in [1.807, 2.05) is 0 Å². The summed E-state index contributed by atoms with van der Waals surface area (Å²) in [6.45, 7) is 0. The summed E-state index contributed by atoms with van der Waals surface area (Å²) in [4.78, 5) is 0. The lowest BCUT2D eigenvalue weighted by atomic mass is 10.0. The fourth-order valence-corrected chi connectivity index (χ4v) is 2.21. The van der Waals surface area contributed by atoms with Crippen molar-refractivity contribution in [3.63, 3.8) is 0 Å². The van der Waals surface area contributed by atoms with Gasteiger partial charge < -0.3 is 0 Å². The molecule has 2 rings (SSSR count). The Hall–Kier alpha value is -1.62. The minimum atomic E-state index is -4.77. The summed E-state index contributed by atoms with van der Waals surface area (Å²) in [5.74, 6) is -1.75. The van der Waals surface area contributed by atoms with Crippen molar-refractivity contribution in [3.05, 3.63) is 70.8 Å². The van der Waals surface area contributed by atoms with Gasteiger partial charge in [0.2, 0.25) is 0 Å². The minimum absolute atomic E-state index is 0.162. The summed E-state index contributed by atoms with van der Waals surface area (Å²) in [6, 6.07) is 8.15. The van der Waals surface area contributed by atoms with Crippen molar-refractivity contribution < 1.29 is 22.0 Å². The molecule has 0 aromatic heterocycles. The molecular weight excluding hydrogens is 311 g/mol.